The molecule has 26 heavy (non-hydrogen) atoms. The number of hydrogen-bond acceptors (Lipinski definition) is 4. The van der Waals surface area contributed by atoms with E-state index in [0.717, 1.165) is 26.1 Å². The molecular weight excluding hydrogens is 372 g/mol. The summed E-state index contributed by atoms with van der Waals surface area (Å²) in [6.07, 6.45) is 0.968. The zero-order chi connectivity index (χ0) is 18.6. The zero-order valence-electron chi connectivity index (χ0n) is 14.8. The van der Waals surface area contributed by atoms with E-state index >= 15 is 0 Å². The molecule has 0 bridgehead atoms. The molecule has 5 nitrogen and oxygen atoms in total. The van der Waals surface area contributed by atoms with Gasteiger partial charge in [-0.05, 0) is 30.2 Å². The minimum absolute atomic E-state index is 0.130. The Labute approximate surface area is 160 Å². The number of hydrogen-bond donors (Lipinski definition) is 0. The molecule has 1 aliphatic rings. The Kier molecular flexibility index (Phi) is 6.19. The van der Waals surface area contributed by atoms with Gasteiger partial charge in [0.15, 0.2) is 0 Å². The second-order valence-electron chi connectivity index (χ2n) is 6.28. The van der Waals surface area contributed by atoms with E-state index in [4.69, 9.17) is 16.3 Å². The molecule has 0 saturated carbocycles. The van der Waals surface area contributed by atoms with Crippen LogP contribution in [0.25, 0.3) is 0 Å². The van der Waals surface area contributed by atoms with Crippen molar-refractivity contribution in [3.8, 4) is 5.75 Å². The number of rotatable bonds is 6. The van der Waals surface area contributed by atoms with Crippen LogP contribution in [0, 0.1) is 0 Å². The third kappa shape index (κ3) is 4.38. The average molecular weight is 395 g/mol. The lowest BCUT2D eigenvalue weighted by Crippen LogP contribution is -2.49. The molecule has 1 fully saturated rings. The summed E-state index contributed by atoms with van der Waals surface area (Å²) >= 11 is 5.99. The van der Waals surface area contributed by atoms with Crippen molar-refractivity contribution in [2.45, 2.75) is 11.3 Å². The summed E-state index contributed by atoms with van der Waals surface area (Å²) in [6, 6.07) is 15.0. The van der Waals surface area contributed by atoms with Crippen LogP contribution in [0.3, 0.4) is 0 Å². The minimum Gasteiger partial charge on any atom is -0.495 e. The van der Waals surface area contributed by atoms with Gasteiger partial charge in [0, 0.05) is 37.7 Å². The van der Waals surface area contributed by atoms with Crippen molar-refractivity contribution in [3.63, 3.8) is 0 Å². The second kappa shape index (κ2) is 8.39. The summed E-state index contributed by atoms with van der Waals surface area (Å²) in [5.41, 5.74) is 1.30. The first-order valence-corrected chi connectivity index (χ1v) is 10.4. The Morgan fingerprint density at radius 2 is 1.73 bits per heavy atom. The topological polar surface area (TPSA) is 49.9 Å². The van der Waals surface area contributed by atoms with Gasteiger partial charge < -0.3 is 9.64 Å². The molecular formula is C19H23ClN2O3S. The predicted octanol–water partition coefficient (Wildman–Crippen LogP) is 2.90. The molecule has 1 aliphatic heterocycles. The van der Waals surface area contributed by atoms with Gasteiger partial charge in [-0.3, -0.25) is 0 Å². The van der Waals surface area contributed by atoms with Crippen LogP contribution in [-0.2, 0) is 16.4 Å². The summed E-state index contributed by atoms with van der Waals surface area (Å²) in [5, 5.41) is 0.380. The lowest BCUT2D eigenvalue weighted by molar-refractivity contribution is 0.190. The fraction of sp³-hybridized carbons (Fsp3) is 0.368. The third-order valence-corrected chi connectivity index (χ3v) is 6.79. The molecule has 2 aromatic rings. The fourth-order valence-corrected chi connectivity index (χ4v) is 4.96. The average Bonchev–Trinajstić information content (AvgIpc) is 2.67. The molecule has 0 aromatic heterocycles. The molecule has 7 heteroatoms. The Hall–Kier alpha value is -1.60. The number of ether oxygens (including phenoxy) is 1. The number of benzene rings is 2. The van der Waals surface area contributed by atoms with Crippen LogP contribution in [0.1, 0.15) is 5.56 Å². The van der Waals surface area contributed by atoms with Crippen LogP contribution in [0.4, 0.5) is 0 Å². The number of nitrogens with zero attached hydrogens (tertiary/aromatic N) is 2. The SMILES string of the molecule is COc1ccc(Cl)cc1S(=O)(=O)N1CCN(CCc2ccccc2)CC1. The molecule has 2 aromatic carbocycles. The lowest BCUT2D eigenvalue weighted by atomic mass is 10.1. The number of piperazine rings is 1. The molecule has 0 spiro atoms. The maximum atomic E-state index is 13.0. The van der Waals surface area contributed by atoms with Crippen molar-refractivity contribution >= 4 is 21.6 Å². The molecule has 140 valence electrons. The molecule has 0 unspecified atom stereocenters. The summed E-state index contributed by atoms with van der Waals surface area (Å²) in [4.78, 5) is 2.43. The third-order valence-electron chi connectivity index (χ3n) is 4.63. The Morgan fingerprint density at radius 3 is 2.38 bits per heavy atom. The van der Waals surface area contributed by atoms with E-state index in [1.165, 1.54) is 23.0 Å². The van der Waals surface area contributed by atoms with Crippen LogP contribution >= 0.6 is 11.6 Å². The number of methoxy groups -OCH3 is 1. The Bertz CT molecular complexity index is 835. The van der Waals surface area contributed by atoms with E-state index in [0.29, 0.717) is 23.9 Å². The first-order valence-electron chi connectivity index (χ1n) is 8.60. The van der Waals surface area contributed by atoms with Crippen LogP contribution in [0.2, 0.25) is 5.02 Å². The largest absolute Gasteiger partial charge is 0.495 e. The Balaban J connectivity index is 1.63. The zero-order valence-corrected chi connectivity index (χ0v) is 16.3. The van der Waals surface area contributed by atoms with Crippen molar-refractivity contribution in [1.29, 1.82) is 0 Å². The van der Waals surface area contributed by atoms with Gasteiger partial charge in [0.2, 0.25) is 10.0 Å². The summed E-state index contributed by atoms with van der Waals surface area (Å²) < 4.78 is 32.7. The van der Waals surface area contributed by atoms with Gasteiger partial charge in [0.25, 0.3) is 0 Å². The monoisotopic (exact) mass is 394 g/mol. The van der Waals surface area contributed by atoms with Crippen molar-refractivity contribution in [2.24, 2.45) is 0 Å². The Morgan fingerprint density at radius 1 is 1.04 bits per heavy atom. The second-order valence-corrected chi connectivity index (χ2v) is 8.62. The van der Waals surface area contributed by atoms with Gasteiger partial charge in [-0.15, -0.1) is 0 Å². The molecule has 0 amide bonds. The molecule has 0 atom stereocenters. The van der Waals surface area contributed by atoms with Crippen LogP contribution in [-0.4, -0.2) is 57.5 Å². The van der Waals surface area contributed by atoms with Crippen LogP contribution in [0.15, 0.2) is 53.4 Å². The van der Waals surface area contributed by atoms with Gasteiger partial charge in [-0.2, -0.15) is 4.31 Å². The normalized spacial score (nSPS) is 16.5. The highest BCUT2D eigenvalue weighted by molar-refractivity contribution is 7.89. The first-order chi connectivity index (χ1) is 12.5. The van der Waals surface area contributed by atoms with Gasteiger partial charge in [-0.25, -0.2) is 8.42 Å². The van der Waals surface area contributed by atoms with Crippen LogP contribution < -0.4 is 4.74 Å². The van der Waals surface area contributed by atoms with Crippen molar-refractivity contribution < 1.29 is 13.2 Å². The quantitative estimate of drug-likeness (QED) is 0.755. The predicted molar refractivity (Wildman–Crippen MR) is 103 cm³/mol. The lowest BCUT2D eigenvalue weighted by Gasteiger charge is -2.34. The molecule has 0 radical (unpaired) electrons. The van der Waals surface area contributed by atoms with Gasteiger partial charge in [0.1, 0.15) is 10.6 Å². The van der Waals surface area contributed by atoms with E-state index in [1.54, 1.807) is 12.1 Å². The highest BCUT2D eigenvalue weighted by Crippen LogP contribution is 2.30. The molecule has 1 heterocycles. The van der Waals surface area contributed by atoms with Gasteiger partial charge in [-0.1, -0.05) is 41.9 Å². The minimum atomic E-state index is -3.62. The van der Waals surface area contributed by atoms with Gasteiger partial charge >= 0.3 is 0 Å². The fourth-order valence-electron chi connectivity index (χ4n) is 3.12. The van der Waals surface area contributed by atoms with E-state index < -0.39 is 10.0 Å². The van der Waals surface area contributed by atoms with Crippen molar-refractivity contribution in [3.05, 3.63) is 59.1 Å². The maximum absolute atomic E-state index is 13.0. The van der Waals surface area contributed by atoms with Crippen molar-refractivity contribution in [2.75, 3.05) is 39.8 Å². The summed E-state index contributed by atoms with van der Waals surface area (Å²) in [7, 11) is -2.16. The van der Waals surface area contributed by atoms with E-state index in [1.807, 2.05) is 18.2 Å². The van der Waals surface area contributed by atoms with E-state index in [-0.39, 0.29) is 4.90 Å². The molecule has 0 aliphatic carbocycles. The molecule has 0 N–H and O–H groups in total. The molecule has 1 saturated heterocycles. The highest BCUT2D eigenvalue weighted by atomic mass is 35.5. The van der Waals surface area contributed by atoms with Crippen molar-refractivity contribution in [1.82, 2.24) is 9.21 Å². The smallest absolute Gasteiger partial charge is 0.246 e. The maximum Gasteiger partial charge on any atom is 0.246 e. The van der Waals surface area contributed by atoms with E-state index in [2.05, 4.69) is 17.0 Å². The van der Waals surface area contributed by atoms with E-state index in [9.17, 15) is 8.42 Å². The molecule has 3 rings (SSSR count). The first kappa shape index (κ1) is 19.2. The van der Waals surface area contributed by atoms with Crippen LogP contribution in [0.5, 0.6) is 5.75 Å². The highest BCUT2D eigenvalue weighted by Gasteiger charge is 2.30. The summed E-state index contributed by atoms with van der Waals surface area (Å²) in [5.74, 6) is 0.320. The number of halogens is 1. The van der Waals surface area contributed by atoms with Gasteiger partial charge in [0.05, 0.1) is 7.11 Å². The standard InChI is InChI=1S/C19H23ClN2O3S/c1-25-18-8-7-17(20)15-19(18)26(23,24)22-13-11-21(12-14-22)10-9-16-5-3-2-4-6-16/h2-8,15H,9-14H2,1H3. The summed E-state index contributed by atoms with van der Waals surface area (Å²) in [6.45, 7) is 3.29. The number of sulfonamides is 1.